The lowest BCUT2D eigenvalue weighted by molar-refractivity contribution is 0.0951. The van der Waals surface area contributed by atoms with Gasteiger partial charge in [-0.25, -0.2) is 0 Å². The number of hydrogen-bond acceptors (Lipinski definition) is 3. The van der Waals surface area contributed by atoms with E-state index in [1.54, 1.807) is 12.1 Å². The van der Waals surface area contributed by atoms with Crippen LogP contribution in [0.1, 0.15) is 30.1 Å². The van der Waals surface area contributed by atoms with E-state index >= 15 is 0 Å². The van der Waals surface area contributed by atoms with Crippen LogP contribution in [-0.2, 0) is 0 Å². The molecular formula is C12H17N3O. The van der Waals surface area contributed by atoms with Crippen LogP contribution in [0.4, 0.5) is 11.4 Å². The van der Waals surface area contributed by atoms with E-state index in [0.717, 1.165) is 25.1 Å². The Labute approximate surface area is 95.2 Å². The van der Waals surface area contributed by atoms with Crippen molar-refractivity contribution in [3.63, 3.8) is 0 Å². The average Bonchev–Trinajstić information content (AvgIpc) is 3.05. The highest BCUT2D eigenvalue weighted by Gasteiger charge is 2.23. The van der Waals surface area contributed by atoms with Gasteiger partial charge in [0.15, 0.2) is 0 Å². The number of carbonyl (C=O) groups excluding carboxylic acids is 1. The minimum atomic E-state index is -0.0303. The van der Waals surface area contributed by atoms with Crippen molar-refractivity contribution in [3.05, 3.63) is 23.8 Å². The summed E-state index contributed by atoms with van der Waals surface area (Å²) in [5.74, 6) is -0.0303. The van der Waals surface area contributed by atoms with Gasteiger partial charge in [0.1, 0.15) is 0 Å². The van der Waals surface area contributed by atoms with Crippen LogP contribution >= 0.6 is 0 Å². The first kappa shape index (κ1) is 10.8. The summed E-state index contributed by atoms with van der Waals surface area (Å²) in [7, 11) is 0. The third kappa shape index (κ3) is 2.45. The van der Waals surface area contributed by atoms with Crippen LogP contribution in [-0.4, -0.2) is 18.5 Å². The highest BCUT2D eigenvalue weighted by Crippen LogP contribution is 2.22. The molecule has 0 unspecified atom stereocenters. The predicted molar refractivity (Wildman–Crippen MR) is 65.5 cm³/mol. The van der Waals surface area contributed by atoms with E-state index in [-0.39, 0.29) is 5.91 Å². The molecule has 1 aliphatic rings. The van der Waals surface area contributed by atoms with Gasteiger partial charge in [0, 0.05) is 18.2 Å². The second-order valence-electron chi connectivity index (χ2n) is 4.08. The van der Waals surface area contributed by atoms with Crippen LogP contribution in [0.3, 0.4) is 0 Å². The summed E-state index contributed by atoms with van der Waals surface area (Å²) >= 11 is 0. The van der Waals surface area contributed by atoms with Crippen molar-refractivity contribution in [2.75, 3.05) is 17.6 Å². The number of nitrogen functional groups attached to an aromatic ring is 1. The van der Waals surface area contributed by atoms with E-state index in [0.29, 0.717) is 17.3 Å². The van der Waals surface area contributed by atoms with Gasteiger partial charge in [0.2, 0.25) is 0 Å². The number of benzene rings is 1. The molecule has 1 fully saturated rings. The number of anilines is 2. The fraction of sp³-hybridized carbons (Fsp3) is 0.417. The monoisotopic (exact) mass is 219 g/mol. The molecule has 86 valence electrons. The smallest absolute Gasteiger partial charge is 0.251 e. The average molecular weight is 219 g/mol. The molecule has 0 aliphatic heterocycles. The first-order chi connectivity index (χ1) is 7.70. The predicted octanol–water partition coefficient (Wildman–Crippen LogP) is 1.59. The maximum Gasteiger partial charge on any atom is 0.251 e. The highest BCUT2D eigenvalue weighted by molar-refractivity contribution is 5.96. The third-order valence-corrected chi connectivity index (χ3v) is 2.59. The maximum absolute atomic E-state index is 11.7. The fourth-order valence-corrected chi connectivity index (χ4v) is 1.55. The Bertz CT molecular complexity index is 399. The van der Waals surface area contributed by atoms with Gasteiger partial charge in [0.25, 0.3) is 5.91 Å². The Morgan fingerprint density at radius 1 is 1.50 bits per heavy atom. The SMILES string of the molecule is CCNc1ccc(C(=O)NC2CC2)cc1N. The Kier molecular flexibility index (Phi) is 2.99. The van der Waals surface area contributed by atoms with E-state index in [9.17, 15) is 4.79 Å². The first-order valence-corrected chi connectivity index (χ1v) is 5.65. The first-order valence-electron chi connectivity index (χ1n) is 5.65. The minimum absolute atomic E-state index is 0.0303. The molecule has 1 aliphatic carbocycles. The van der Waals surface area contributed by atoms with Crippen LogP contribution in [0.5, 0.6) is 0 Å². The van der Waals surface area contributed by atoms with Gasteiger partial charge in [-0.3, -0.25) is 4.79 Å². The molecule has 4 N–H and O–H groups in total. The van der Waals surface area contributed by atoms with Crippen molar-refractivity contribution in [2.45, 2.75) is 25.8 Å². The molecule has 0 atom stereocenters. The summed E-state index contributed by atoms with van der Waals surface area (Å²) in [6.07, 6.45) is 2.19. The van der Waals surface area contributed by atoms with Crippen molar-refractivity contribution in [1.29, 1.82) is 0 Å². The van der Waals surface area contributed by atoms with Crippen molar-refractivity contribution in [3.8, 4) is 0 Å². The summed E-state index contributed by atoms with van der Waals surface area (Å²) < 4.78 is 0. The van der Waals surface area contributed by atoms with Gasteiger partial charge in [-0.1, -0.05) is 0 Å². The topological polar surface area (TPSA) is 67.2 Å². The van der Waals surface area contributed by atoms with E-state index in [2.05, 4.69) is 10.6 Å². The lowest BCUT2D eigenvalue weighted by Crippen LogP contribution is -2.25. The molecule has 2 rings (SSSR count). The Morgan fingerprint density at radius 2 is 2.25 bits per heavy atom. The molecule has 0 radical (unpaired) electrons. The second-order valence-corrected chi connectivity index (χ2v) is 4.08. The zero-order valence-corrected chi connectivity index (χ0v) is 9.42. The molecule has 0 saturated heterocycles. The van der Waals surface area contributed by atoms with Gasteiger partial charge in [-0.05, 0) is 38.0 Å². The molecule has 0 bridgehead atoms. The van der Waals surface area contributed by atoms with Gasteiger partial charge in [-0.15, -0.1) is 0 Å². The second kappa shape index (κ2) is 4.43. The van der Waals surface area contributed by atoms with Crippen molar-refractivity contribution < 1.29 is 4.79 Å². The zero-order chi connectivity index (χ0) is 11.5. The van der Waals surface area contributed by atoms with Crippen LogP contribution < -0.4 is 16.4 Å². The third-order valence-electron chi connectivity index (χ3n) is 2.59. The Hall–Kier alpha value is -1.71. The van der Waals surface area contributed by atoms with Crippen molar-refractivity contribution in [1.82, 2.24) is 5.32 Å². The number of nitrogens with one attached hydrogen (secondary N) is 2. The number of carbonyl (C=O) groups is 1. The molecule has 1 aromatic carbocycles. The summed E-state index contributed by atoms with van der Waals surface area (Å²) in [4.78, 5) is 11.7. The minimum Gasteiger partial charge on any atom is -0.397 e. The van der Waals surface area contributed by atoms with E-state index in [1.807, 2.05) is 13.0 Å². The molecule has 1 amide bonds. The Morgan fingerprint density at radius 3 is 2.81 bits per heavy atom. The van der Waals surface area contributed by atoms with E-state index < -0.39 is 0 Å². The standard InChI is InChI=1S/C12H17N3O/c1-2-14-11-6-3-8(7-10(11)13)12(16)15-9-4-5-9/h3,6-7,9,14H,2,4-5,13H2,1H3,(H,15,16). The number of nitrogens with two attached hydrogens (primary N) is 1. The highest BCUT2D eigenvalue weighted by atomic mass is 16.1. The maximum atomic E-state index is 11.7. The number of hydrogen-bond donors (Lipinski definition) is 3. The molecule has 16 heavy (non-hydrogen) atoms. The largest absolute Gasteiger partial charge is 0.397 e. The summed E-state index contributed by atoms with van der Waals surface area (Å²) in [6, 6.07) is 5.74. The number of rotatable bonds is 4. The molecule has 1 aromatic rings. The van der Waals surface area contributed by atoms with E-state index in [4.69, 9.17) is 5.73 Å². The molecule has 0 heterocycles. The van der Waals surface area contributed by atoms with Gasteiger partial charge in [0.05, 0.1) is 11.4 Å². The number of amides is 1. The van der Waals surface area contributed by atoms with Crippen LogP contribution in [0.2, 0.25) is 0 Å². The van der Waals surface area contributed by atoms with Crippen LogP contribution in [0, 0.1) is 0 Å². The molecule has 4 heteroatoms. The quantitative estimate of drug-likeness (QED) is 0.674. The van der Waals surface area contributed by atoms with Crippen LogP contribution in [0.15, 0.2) is 18.2 Å². The fourth-order valence-electron chi connectivity index (χ4n) is 1.55. The zero-order valence-electron chi connectivity index (χ0n) is 9.42. The van der Waals surface area contributed by atoms with Gasteiger partial charge in [-0.2, -0.15) is 0 Å². The van der Waals surface area contributed by atoms with Gasteiger partial charge >= 0.3 is 0 Å². The lowest BCUT2D eigenvalue weighted by atomic mass is 10.1. The lowest BCUT2D eigenvalue weighted by Gasteiger charge is -2.09. The molecular weight excluding hydrogens is 202 g/mol. The van der Waals surface area contributed by atoms with E-state index in [1.165, 1.54) is 0 Å². The molecule has 4 nitrogen and oxygen atoms in total. The van der Waals surface area contributed by atoms with Crippen LogP contribution in [0.25, 0.3) is 0 Å². The van der Waals surface area contributed by atoms with Crippen molar-refractivity contribution in [2.24, 2.45) is 0 Å². The summed E-state index contributed by atoms with van der Waals surface area (Å²) in [5.41, 5.74) is 7.98. The molecule has 0 aromatic heterocycles. The van der Waals surface area contributed by atoms with Gasteiger partial charge < -0.3 is 16.4 Å². The van der Waals surface area contributed by atoms with Crippen molar-refractivity contribution >= 4 is 17.3 Å². The molecule has 0 spiro atoms. The summed E-state index contributed by atoms with van der Waals surface area (Å²) in [5, 5.41) is 6.07. The summed E-state index contributed by atoms with van der Waals surface area (Å²) in [6.45, 7) is 2.82. The Balaban J connectivity index is 2.09. The molecule has 1 saturated carbocycles. The normalized spacial score (nSPS) is 14.6.